The Kier molecular flexibility index (Phi) is 4.45. The summed E-state index contributed by atoms with van der Waals surface area (Å²) in [4.78, 5) is 14.1. The minimum atomic E-state index is -0.550. The molecule has 1 fully saturated rings. The minimum Gasteiger partial charge on any atom is -0.353 e. The molecule has 1 aromatic carbocycles. The molecule has 5 heteroatoms. The van der Waals surface area contributed by atoms with Crippen LogP contribution in [0, 0.1) is 0 Å². The van der Waals surface area contributed by atoms with Crippen molar-refractivity contribution < 1.29 is 14.3 Å². The molecule has 1 heterocycles. The van der Waals surface area contributed by atoms with E-state index in [1.54, 1.807) is 38.5 Å². The van der Waals surface area contributed by atoms with E-state index in [9.17, 15) is 4.79 Å². The van der Waals surface area contributed by atoms with Gasteiger partial charge in [-0.2, -0.15) is 0 Å². The first-order chi connectivity index (χ1) is 9.10. The van der Waals surface area contributed by atoms with Crippen molar-refractivity contribution >= 4 is 17.5 Å². The average Bonchev–Trinajstić information content (AvgIpc) is 2.46. The van der Waals surface area contributed by atoms with E-state index in [0.717, 1.165) is 0 Å². The Bertz CT molecular complexity index is 450. The van der Waals surface area contributed by atoms with Gasteiger partial charge < -0.3 is 14.4 Å². The van der Waals surface area contributed by atoms with E-state index >= 15 is 0 Å². The molecule has 0 unspecified atom stereocenters. The van der Waals surface area contributed by atoms with E-state index in [-0.39, 0.29) is 5.91 Å². The Morgan fingerprint density at radius 1 is 1.26 bits per heavy atom. The molecule has 0 bridgehead atoms. The van der Waals surface area contributed by atoms with Crippen molar-refractivity contribution in [3.63, 3.8) is 0 Å². The fourth-order valence-electron chi connectivity index (χ4n) is 2.35. The lowest BCUT2D eigenvalue weighted by Gasteiger charge is -2.39. The maximum atomic E-state index is 12.3. The summed E-state index contributed by atoms with van der Waals surface area (Å²) in [6.45, 7) is 1.24. The van der Waals surface area contributed by atoms with Crippen LogP contribution in [0.3, 0.4) is 0 Å². The topological polar surface area (TPSA) is 38.8 Å². The molecule has 1 aromatic rings. The third kappa shape index (κ3) is 3.08. The summed E-state index contributed by atoms with van der Waals surface area (Å²) in [5.41, 5.74) is 0.620. The van der Waals surface area contributed by atoms with Crippen LogP contribution in [-0.2, 0) is 9.47 Å². The highest BCUT2D eigenvalue weighted by Gasteiger charge is 2.36. The lowest BCUT2D eigenvalue weighted by molar-refractivity contribution is -0.226. The quantitative estimate of drug-likeness (QED) is 0.800. The number of rotatable bonds is 3. The van der Waals surface area contributed by atoms with Crippen LogP contribution in [0.4, 0.5) is 0 Å². The number of carbonyl (C=O) groups is 1. The summed E-state index contributed by atoms with van der Waals surface area (Å²) in [6, 6.07) is 7.02. The van der Waals surface area contributed by atoms with Crippen LogP contribution >= 0.6 is 11.6 Å². The molecule has 0 saturated carbocycles. The van der Waals surface area contributed by atoms with Crippen LogP contribution in [0.25, 0.3) is 0 Å². The van der Waals surface area contributed by atoms with Crippen LogP contribution in [0.5, 0.6) is 0 Å². The molecule has 0 aromatic heterocycles. The van der Waals surface area contributed by atoms with Gasteiger partial charge in [-0.25, -0.2) is 0 Å². The molecule has 2 rings (SSSR count). The number of benzene rings is 1. The molecule has 0 aliphatic carbocycles. The lowest BCUT2D eigenvalue weighted by atomic mass is 10.0. The molecule has 1 aliphatic heterocycles. The Morgan fingerprint density at radius 2 is 1.89 bits per heavy atom. The first kappa shape index (κ1) is 14.3. The van der Waals surface area contributed by atoms with Crippen molar-refractivity contribution in [2.24, 2.45) is 0 Å². The molecule has 0 spiro atoms. The van der Waals surface area contributed by atoms with Crippen LogP contribution in [0.1, 0.15) is 23.2 Å². The molecule has 1 saturated heterocycles. The summed E-state index contributed by atoms with van der Waals surface area (Å²) < 4.78 is 10.8. The molecule has 1 aliphatic rings. The van der Waals surface area contributed by atoms with E-state index in [1.165, 1.54) is 0 Å². The monoisotopic (exact) mass is 283 g/mol. The molecule has 1 amide bonds. The number of hydrogen-bond donors (Lipinski definition) is 0. The third-order valence-corrected chi connectivity index (χ3v) is 3.86. The lowest BCUT2D eigenvalue weighted by Crippen LogP contribution is -2.48. The summed E-state index contributed by atoms with van der Waals surface area (Å²) in [5.74, 6) is -0.547. The summed E-state index contributed by atoms with van der Waals surface area (Å²) in [5, 5.41) is 0.575. The predicted octanol–water partition coefficient (Wildman–Crippen LogP) is 2.57. The molecule has 4 nitrogen and oxygen atoms in total. The van der Waals surface area contributed by atoms with Gasteiger partial charge in [0.15, 0.2) is 5.79 Å². The van der Waals surface area contributed by atoms with Gasteiger partial charge in [-0.3, -0.25) is 4.79 Å². The van der Waals surface area contributed by atoms with Gasteiger partial charge in [-0.1, -0.05) is 17.7 Å². The minimum absolute atomic E-state index is 0.00306. The summed E-state index contributed by atoms with van der Waals surface area (Å²) in [7, 11) is 3.27. The number of amides is 1. The Balaban J connectivity index is 2.04. The number of methoxy groups -OCH3 is 2. The van der Waals surface area contributed by atoms with Gasteiger partial charge in [0.1, 0.15) is 0 Å². The smallest absolute Gasteiger partial charge is 0.253 e. The Hall–Kier alpha value is -1.10. The molecular formula is C14H18ClNO3. The highest BCUT2D eigenvalue weighted by molar-refractivity contribution is 6.30. The molecule has 19 heavy (non-hydrogen) atoms. The fraction of sp³-hybridized carbons (Fsp3) is 0.500. The van der Waals surface area contributed by atoms with Crippen LogP contribution in [-0.4, -0.2) is 43.9 Å². The maximum absolute atomic E-state index is 12.3. The number of piperidine rings is 1. The average molecular weight is 284 g/mol. The first-order valence-corrected chi connectivity index (χ1v) is 6.63. The molecule has 0 radical (unpaired) electrons. The van der Waals surface area contributed by atoms with Crippen molar-refractivity contribution in [1.82, 2.24) is 4.90 Å². The second-order valence-corrected chi connectivity index (χ2v) is 5.06. The van der Waals surface area contributed by atoms with Crippen molar-refractivity contribution in [3.8, 4) is 0 Å². The number of ether oxygens (including phenoxy) is 2. The van der Waals surface area contributed by atoms with E-state index in [4.69, 9.17) is 21.1 Å². The summed E-state index contributed by atoms with van der Waals surface area (Å²) in [6.07, 6.45) is 1.35. The highest BCUT2D eigenvalue weighted by atomic mass is 35.5. The SMILES string of the molecule is COC1(OC)CCN(C(=O)c2cccc(Cl)c2)CC1. The van der Waals surface area contributed by atoms with Crippen molar-refractivity contribution in [1.29, 1.82) is 0 Å². The molecule has 104 valence electrons. The zero-order chi connectivity index (χ0) is 13.9. The number of nitrogens with zero attached hydrogens (tertiary/aromatic N) is 1. The number of hydrogen-bond acceptors (Lipinski definition) is 3. The van der Waals surface area contributed by atoms with Crippen molar-refractivity contribution in [2.75, 3.05) is 27.3 Å². The van der Waals surface area contributed by atoms with E-state index in [0.29, 0.717) is 36.5 Å². The molecule has 0 atom stereocenters. The maximum Gasteiger partial charge on any atom is 0.253 e. The van der Waals surface area contributed by atoms with Crippen LogP contribution in [0.15, 0.2) is 24.3 Å². The van der Waals surface area contributed by atoms with Gasteiger partial charge >= 0.3 is 0 Å². The second kappa shape index (κ2) is 5.90. The van der Waals surface area contributed by atoms with Gasteiger partial charge in [0, 0.05) is 50.7 Å². The standard InChI is InChI=1S/C14H18ClNO3/c1-18-14(19-2)6-8-16(9-7-14)13(17)11-4-3-5-12(15)10-11/h3-5,10H,6-9H2,1-2H3. The van der Waals surface area contributed by atoms with Gasteiger partial charge in [0.05, 0.1) is 0 Å². The Labute approximate surface area is 118 Å². The largest absolute Gasteiger partial charge is 0.353 e. The zero-order valence-electron chi connectivity index (χ0n) is 11.2. The molecule has 0 N–H and O–H groups in total. The van der Waals surface area contributed by atoms with Crippen molar-refractivity contribution in [3.05, 3.63) is 34.9 Å². The predicted molar refractivity (Wildman–Crippen MR) is 73.3 cm³/mol. The zero-order valence-corrected chi connectivity index (χ0v) is 11.9. The van der Waals surface area contributed by atoms with E-state index in [1.807, 2.05) is 4.90 Å². The van der Waals surface area contributed by atoms with Crippen molar-refractivity contribution in [2.45, 2.75) is 18.6 Å². The second-order valence-electron chi connectivity index (χ2n) is 4.62. The molecular weight excluding hydrogens is 266 g/mol. The normalized spacial score (nSPS) is 18.4. The first-order valence-electron chi connectivity index (χ1n) is 6.25. The highest BCUT2D eigenvalue weighted by Crippen LogP contribution is 2.27. The number of carbonyl (C=O) groups excluding carboxylic acids is 1. The third-order valence-electron chi connectivity index (χ3n) is 3.63. The van der Waals surface area contributed by atoms with E-state index in [2.05, 4.69) is 0 Å². The van der Waals surface area contributed by atoms with Crippen LogP contribution in [0.2, 0.25) is 5.02 Å². The summed E-state index contributed by atoms with van der Waals surface area (Å²) >= 11 is 5.91. The Morgan fingerprint density at radius 3 is 2.42 bits per heavy atom. The van der Waals surface area contributed by atoms with Gasteiger partial charge in [0.2, 0.25) is 0 Å². The number of likely N-dealkylation sites (tertiary alicyclic amines) is 1. The van der Waals surface area contributed by atoms with Gasteiger partial charge in [0.25, 0.3) is 5.91 Å². The fourth-order valence-corrected chi connectivity index (χ4v) is 2.54. The van der Waals surface area contributed by atoms with Crippen LogP contribution < -0.4 is 0 Å². The van der Waals surface area contributed by atoms with Gasteiger partial charge in [-0.05, 0) is 18.2 Å². The van der Waals surface area contributed by atoms with Gasteiger partial charge in [-0.15, -0.1) is 0 Å². The van der Waals surface area contributed by atoms with E-state index < -0.39 is 5.79 Å². The number of halogens is 1.